The lowest BCUT2D eigenvalue weighted by molar-refractivity contribution is -0.950. The monoisotopic (exact) mass is 344 g/mol. The number of hydrogen-bond acceptors (Lipinski definition) is 0. The van der Waals surface area contributed by atoms with Gasteiger partial charge in [0.05, 0.1) is 26.2 Å². The Kier molecular flexibility index (Phi) is 5.60. The Morgan fingerprint density at radius 2 is 1.12 bits per heavy atom. The molecule has 0 aromatic carbocycles. The van der Waals surface area contributed by atoms with Crippen LogP contribution in [0.2, 0.25) is 0 Å². The Morgan fingerprint density at radius 1 is 0.640 bits per heavy atom. The fraction of sp³-hybridized carbons (Fsp3) is 0.917. The Hall–Kier alpha value is -0.300. The van der Waals surface area contributed by atoms with Crippen LogP contribution in [0.3, 0.4) is 0 Å². The van der Waals surface area contributed by atoms with Gasteiger partial charge in [0.15, 0.2) is 0 Å². The van der Waals surface area contributed by atoms with Gasteiger partial charge in [0, 0.05) is 12.8 Å². The molecule has 2 saturated heterocycles. The predicted octanol–water partition coefficient (Wildman–Crippen LogP) is 6.48. The van der Waals surface area contributed by atoms with Gasteiger partial charge in [-0.15, -0.1) is 0 Å². The van der Waals surface area contributed by atoms with E-state index in [0.717, 1.165) is 29.8 Å². The zero-order valence-corrected chi connectivity index (χ0v) is 17.0. The average Bonchev–Trinajstić information content (AvgIpc) is 2.61. The highest BCUT2D eigenvalue weighted by Crippen LogP contribution is 2.44. The first kappa shape index (κ1) is 18.1. The number of hydrogen-bond donors (Lipinski definition) is 0. The van der Waals surface area contributed by atoms with E-state index in [-0.39, 0.29) is 0 Å². The van der Waals surface area contributed by atoms with Crippen LogP contribution in [0.5, 0.6) is 0 Å². The largest absolute Gasteiger partial charge is 0.324 e. The maximum absolute atomic E-state index is 2.90. The highest BCUT2D eigenvalue weighted by molar-refractivity contribution is 5.15. The fourth-order valence-corrected chi connectivity index (χ4v) is 7.01. The molecule has 2 unspecified atom stereocenters. The molecule has 1 heteroatoms. The molecule has 2 bridgehead atoms. The van der Waals surface area contributed by atoms with E-state index < -0.39 is 0 Å². The summed E-state index contributed by atoms with van der Waals surface area (Å²) in [5.41, 5.74) is 1.97. The summed E-state index contributed by atoms with van der Waals surface area (Å²) in [7, 11) is 5.05. The third-order valence-corrected chi connectivity index (χ3v) is 8.69. The molecule has 4 fully saturated rings. The quantitative estimate of drug-likeness (QED) is 0.406. The summed E-state index contributed by atoms with van der Waals surface area (Å²) in [5, 5.41) is 0. The Morgan fingerprint density at radius 3 is 1.60 bits per heavy atom. The first-order valence-corrected chi connectivity index (χ1v) is 11.7. The van der Waals surface area contributed by atoms with E-state index in [1.54, 1.807) is 0 Å². The first-order valence-electron chi connectivity index (χ1n) is 11.7. The molecule has 4 aliphatic rings. The molecule has 0 aromatic rings. The minimum absolute atomic E-state index is 0.903. The van der Waals surface area contributed by atoms with Gasteiger partial charge in [-0.3, -0.25) is 0 Å². The smallest absolute Gasteiger partial charge is 0.0894 e. The first-order chi connectivity index (χ1) is 12.1. The second-order valence-corrected chi connectivity index (χ2v) is 10.4. The SMILES string of the molecule is C[N+]1(C)C2CCCC1CC(C=C(C1CCCCC1)C1CCCCC1)C2. The van der Waals surface area contributed by atoms with E-state index in [1.807, 2.05) is 5.57 Å². The molecule has 0 N–H and O–H groups in total. The van der Waals surface area contributed by atoms with Crippen molar-refractivity contribution >= 4 is 0 Å². The molecular formula is C24H42N+. The summed E-state index contributed by atoms with van der Waals surface area (Å²) in [5.74, 6) is 2.82. The summed E-state index contributed by atoms with van der Waals surface area (Å²) < 4.78 is 1.33. The second-order valence-electron chi connectivity index (χ2n) is 10.4. The Labute approximate surface area is 156 Å². The number of rotatable bonds is 3. The van der Waals surface area contributed by atoms with Crippen molar-refractivity contribution in [1.82, 2.24) is 0 Å². The van der Waals surface area contributed by atoms with Crippen LogP contribution in [-0.2, 0) is 0 Å². The maximum atomic E-state index is 2.90. The van der Waals surface area contributed by atoms with Crippen LogP contribution in [0, 0.1) is 17.8 Å². The van der Waals surface area contributed by atoms with Crippen molar-refractivity contribution in [3.05, 3.63) is 11.6 Å². The Bertz CT molecular complexity index is 428. The third-order valence-electron chi connectivity index (χ3n) is 8.69. The minimum Gasteiger partial charge on any atom is -0.324 e. The van der Waals surface area contributed by atoms with Gasteiger partial charge in [-0.2, -0.15) is 0 Å². The number of piperidine rings is 2. The van der Waals surface area contributed by atoms with Crippen LogP contribution in [0.25, 0.3) is 0 Å². The Balaban J connectivity index is 1.53. The second kappa shape index (κ2) is 7.75. The lowest BCUT2D eigenvalue weighted by atomic mass is 9.70. The van der Waals surface area contributed by atoms with Gasteiger partial charge in [-0.25, -0.2) is 0 Å². The molecule has 0 aromatic heterocycles. The zero-order valence-electron chi connectivity index (χ0n) is 17.0. The van der Waals surface area contributed by atoms with Crippen molar-refractivity contribution in [1.29, 1.82) is 0 Å². The molecule has 2 aliphatic heterocycles. The minimum atomic E-state index is 0.903. The van der Waals surface area contributed by atoms with Crippen molar-refractivity contribution in [3.63, 3.8) is 0 Å². The molecule has 4 rings (SSSR count). The van der Waals surface area contributed by atoms with Crippen molar-refractivity contribution in [2.24, 2.45) is 17.8 Å². The topological polar surface area (TPSA) is 0 Å². The summed E-state index contributed by atoms with van der Waals surface area (Å²) in [4.78, 5) is 0. The summed E-state index contributed by atoms with van der Waals surface area (Å²) >= 11 is 0. The van der Waals surface area contributed by atoms with Gasteiger partial charge >= 0.3 is 0 Å². The van der Waals surface area contributed by atoms with E-state index in [4.69, 9.17) is 0 Å². The van der Waals surface area contributed by atoms with Crippen molar-refractivity contribution < 1.29 is 4.48 Å². The van der Waals surface area contributed by atoms with Gasteiger partial charge in [0.25, 0.3) is 0 Å². The molecule has 0 radical (unpaired) electrons. The lowest BCUT2D eigenvalue weighted by Gasteiger charge is -2.53. The van der Waals surface area contributed by atoms with Gasteiger partial charge in [-0.05, 0) is 62.7 Å². The van der Waals surface area contributed by atoms with Gasteiger partial charge < -0.3 is 4.48 Å². The number of allylic oxidation sites excluding steroid dienone is 2. The predicted molar refractivity (Wildman–Crippen MR) is 107 cm³/mol. The van der Waals surface area contributed by atoms with Crippen LogP contribution >= 0.6 is 0 Å². The molecule has 0 amide bonds. The van der Waals surface area contributed by atoms with Crippen molar-refractivity contribution in [2.75, 3.05) is 14.1 Å². The van der Waals surface area contributed by atoms with E-state index in [1.165, 1.54) is 101 Å². The molecule has 25 heavy (non-hydrogen) atoms. The number of quaternary nitrogens is 1. The van der Waals surface area contributed by atoms with Gasteiger partial charge in [-0.1, -0.05) is 50.2 Å². The highest BCUT2D eigenvalue weighted by Gasteiger charge is 2.45. The lowest BCUT2D eigenvalue weighted by Crippen LogP contribution is -2.61. The molecular weight excluding hydrogens is 302 g/mol. The molecule has 0 spiro atoms. The maximum Gasteiger partial charge on any atom is 0.0894 e. The average molecular weight is 345 g/mol. The molecule has 142 valence electrons. The fourth-order valence-electron chi connectivity index (χ4n) is 7.01. The van der Waals surface area contributed by atoms with E-state index in [0.29, 0.717) is 0 Å². The summed E-state index contributed by atoms with van der Waals surface area (Å²) in [6.07, 6.45) is 25.3. The normalized spacial score (nSPS) is 36.8. The summed E-state index contributed by atoms with van der Waals surface area (Å²) in [6.45, 7) is 0. The van der Waals surface area contributed by atoms with Crippen LogP contribution in [0.4, 0.5) is 0 Å². The highest BCUT2D eigenvalue weighted by atomic mass is 15.4. The zero-order chi connectivity index (χ0) is 17.3. The van der Waals surface area contributed by atoms with E-state index in [2.05, 4.69) is 20.2 Å². The van der Waals surface area contributed by atoms with Crippen LogP contribution < -0.4 is 0 Å². The number of nitrogens with zero attached hydrogens (tertiary/aromatic N) is 1. The van der Waals surface area contributed by atoms with Gasteiger partial charge in [0.1, 0.15) is 0 Å². The molecule has 2 heterocycles. The van der Waals surface area contributed by atoms with Gasteiger partial charge in [0.2, 0.25) is 0 Å². The van der Waals surface area contributed by atoms with Crippen LogP contribution in [-0.4, -0.2) is 30.7 Å². The molecule has 1 nitrogen and oxygen atoms in total. The van der Waals surface area contributed by atoms with Crippen LogP contribution in [0.15, 0.2) is 11.6 Å². The number of fused-ring (bicyclic) bond motifs is 2. The van der Waals surface area contributed by atoms with Crippen LogP contribution in [0.1, 0.15) is 96.3 Å². The van der Waals surface area contributed by atoms with Crippen molar-refractivity contribution in [3.8, 4) is 0 Å². The summed E-state index contributed by atoms with van der Waals surface area (Å²) in [6, 6.07) is 1.88. The standard InChI is InChI=1S/C24H42N/c1-25(2)22-14-9-15-23(25)17-19(16-22)18-24(20-10-5-3-6-11-20)21-12-7-4-8-13-21/h18-23H,3-17H2,1-2H3/q+1. The molecule has 2 saturated carbocycles. The molecule has 2 atom stereocenters. The van der Waals surface area contributed by atoms with E-state index in [9.17, 15) is 0 Å². The third kappa shape index (κ3) is 3.87. The molecule has 2 aliphatic carbocycles. The van der Waals surface area contributed by atoms with E-state index >= 15 is 0 Å². The van der Waals surface area contributed by atoms with Crippen molar-refractivity contribution in [2.45, 2.75) is 108 Å².